The van der Waals surface area contributed by atoms with Gasteiger partial charge in [-0.3, -0.25) is 14.2 Å². The van der Waals surface area contributed by atoms with Gasteiger partial charge in [-0.2, -0.15) is 5.26 Å². The second-order valence-electron chi connectivity index (χ2n) is 6.58. The molecule has 0 spiro atoms. The summed E-state index contributed by atoms with van der Waals surface area (Å²) in [4.78, 5) is 29.8. The number of aromatic nitrogens is 2. The lowest BCUT2D eigenvalue weighted by atomic mass is 9.83. The normalized spacial score (nSPS) is 17.6. The molecule has 138 valence electrons. The molecule has 3 rings (SSSR count). The van der Waals surface area contributed by atoms with Gasteiger partial charge in [0.05, 0.1) is 16.8 Å². The van der Waals surface area contributed by atoms with Gasteiger partial charge >= 0.3 is 0 Å². The molecule has 1 amide bonds. The summed E-state index contributed by atoms with van der Waals surface area (Å²) >= 11 is 2.65. The van der Waals surface area contributed by atoms with E-state index in [0.717, 1.165) is 19.3 Å². The molecule has 1 fully saturated rings. The van der Waals surface area contributed by atoms with Gasteiger partial charge in [-0.15, -0.1) is 11.3 Å². The maximum Gasteiger partial charge on any atom is 0.272 e. The number of carbonyl (C=O) groups is 1. The molecule has 8 heteroatoms. The maximum absolute atomic E-state index is 12.7. The maximum atomic E-state index is 12.7. The van der Waals surface area contributed by atoms with E-state index in [9.17, 15) is 14.9 Å². The number of nitrogens with zero attached hydrogens (tertiary/aromatic N) is 3. The molecular weight excluding hydrogens is 368 g/mol. The zero-order chi connectivity index (χ0) is 18.7. The van der Waals surface area contributed by atoms with Crippen molar-refractivity contribution < 1.29 is 4.79 Å². The van der Waals surface area contributed by atoms with Crippen molar-refractivity contribution in [3.05, 3.63) is 21.8 Å². The predicted molar refractivity (Wildman–Crippen MR) is 104 cm³/mol. The third-order valence-electron chi connectivity index (χ3n) is 4.78. The summed E-state index contributed by atoms with van der Waals surface area (Å²) in [7, 11) is 0. The van der Waals surface area contributed by atoms with Crippen LogP contribution in [0.15, 0.2) is 21.4 Å². The first kappa shape index (κ1) is 18.9. The number of hydrogen-bond donors (Lipinski definition) is 1. The molecule has 0 radical (unpaired) electrons. The van der Waals surface area contributed by atoms with Gasteiger partial charge in [0.15, 0.2) is 5.16 Å². The van der Waals surface area contributed by atoms with Crippen molar-refractivity contribution in [1.29, 1.82) is 5.26 Å². The van der Waals surface area contributed by atoms with Gasteiger partial charge in [0, 0.05) is 6.54 Å². The third-order valence-corrected chi connectivity index (χ3v) is 6.76. The van der Waals surface area contributed by atoms with Gasteiger partial charge in [-0.1, -0.05) is 31.0 Å². The van der Waals surface area contributed by atoms with E-state index in [0.29, 0.717) is 34.8 Å². The van der Waals surface area contributed by atoms with Crippen LogP contribution in [0.3, 0.4) is 0 Å². The molecule has 1 atom stereocenters. The van der Waals surface area contributed by atoms with E-state index >= 15 is 0 Å². The van der Waals surface area contributed by atoms with E-state index < -0.39 is 10.8 Å². The molecule has 0 bridgehead atoms. The summed E-state index contributed by atoms with van der Waals surface area (Å²) in [5.74, 6) is -0.180. The summed E-state index contributed by atoms with van der Waals surface area (Å²) in [6.45, 7) is 4.18. The molecule has 0 saturated heterocycles. The fourth-order valence-corrected chi connectivity index (χ4v) is 5.01. The minimum Gasteiger partial charge on any atom is -0.337 e. The number of hydrogen-bond acceptors (Lipinski definition) is 6. The Kier molecular flexibility index (Phi) is 5.68. The fraction of sp³-hybridized carbons (Fsp3) is 0.556. The lowest BCUT2D eigenvalue weighted by Crippen LogP contribution is -2.51. The summed E-state index contributed by atoms with van der Waals surface area (Å²) in [6, 6.07) is 4.13. The Labute approximate surface area is 160 Å². The summed E-state index contributed by atoms with van der Waals surface area (Å²) in [6.07, 6.45) is 4.43. The van der Waals surface area contributed by atoms with Gasteiger partial charge in [0.25, 0.3) is 5.56 Å². The monoisotopic (exact) mass is 390 g/mol. The highest BCUT2D eigenvalue weighted by molar-refractivity contribution is 8.00. The Morgan fingerprint density at radius 1 is 1.50 bits per heavy atom. The van der Waals surface area contributed by atoms with Gasteiger partial charge < -0.3 is 5.32 Å². The van der Waals surface area contributed by atoms with Crippen molar-refractivity contribution in [2.75, 3.05) is 0 Å². The van der Waals surface area contributed by atoms with E-state index in [-0.39, 0.29) is 11.5 Å². The molecule has 1 aliphatic carbocycles. The smallest absolute Gasteiger partial charge is 0.272 e. The summed E-state index contributed by atoms with van der Waals surface area (Å²) in [5.41, 5.74) is -0.150. The summed E-state index contributed by atoms with van der Waals surface area (Å²) in [5, 5.41) is 14.5. The SMILES string of the molecule is CCn1c(SC(C)C(=O)NC2(C#N)CCCCC2)nc2ccsc2c1=O. The van der Waals surface area contributed by atoms with Crippen molar-refractivity contribution in [1.82, 2.24) is 14.9 Å². The molecule has 6 nitrogen and oxygen atoms in total. The molecule has 2 aromatic heterocycles. The number of carbonyl (C=O) groups excluding carboxylic acids is 1. The molecule has 1 unspecified atom stereocenters. The van der Waals surface area contributed by atoms with E-state index in [2.05, 4.69) is 16.4 Å². The first-order valence-corrected chi connectivity index (χ1v) is 10.6. The number of nitrogens with one attached hydrogen (secondary N) is 1. The van der Waals surface area contributed by atoms with Crippen molar-refractivity contribution >= 4 is 39.2 Å². The number of thioether (sulfide) groups is 1. The van der Waals surface area contributed by atoms with Crippen LogP contribution >= 0.6 is 23.1 Å². The van der Waals surface area contributed by atoms with Crippen molar-refractivity contribution in [3.8, 4) is 6.07 Å². The first-order chi connectivity index (χ1) is 12.5. The number of fused-ring (bicyclic) bond motifs is 1. The Hall–Kier alpha value is -1.85. The average Bonchev–Trinajstić information content (AvgIpc) is 3.11. The van der Waals surface area contributed by atoms with Crippen LogP contribution in [-0.4, -0.2) is 26.2 Å². The second kappa shape index (κ2) is 7.80. The van der Waals surface area contributed by atoms with Crippen LogP contribution in [0.4, 0.5) is 0 Å². The minimum atomic E-state index is -0.751. The van der Waals surface area contributed by atoms with Crippen molar-refractivity contribution in [3.63, 3.8) is 0 Å². The Morgan fingerprint density at radius 3 is 2.88 bits per heavy atom. The highest BCUT2D eigenvalue weighted by Crippen LogP contribution is 2.29. The minimum absolute atomic E-state index is 0.0663. The molecule has 1 aliphatic rings. The molecule has 0 aliphatic heterocycles. The standard InChI is InChI=1S/C18H22N4O2S2/c1-3-22-16(24)14-13(7-10-25-14)20-17(22)26-12(2)15(23)21-18(11-19)8-5-4-6-9-18/h7,10,12H,3-6,8-9H2,1-2H3,(H,21,23). The zero-order valence-electron chi connectivity index (χ0n) is 14.9. The molecule has 1 N–H and O–H groups in total. The summed E-state index contributed by atoms with van der Waals surface area (Å²) < 4.78 is 2.24. The Morgan fingerprint density at radius 2 is 2.23 bits per heavy atom. The van der Waals surface area contributed by atoms with Crippen LogP contribution in [0.1, 0.15) is 46.0 Å². The predicted octanol–water partition coefficient (Wildman–Crippen LogP) is 3.30. The van der Waals surface area contributed by atoms with Crippen LogP contribution in [0.5, 0.6) is 0 Å². The molecular formula is C18H22N4O2S2. The number of nitriles is 1. The van der Waals surface area contributed by atoms with Crippen LogP contribution in [0.25, 0.3) is 10.2 Å². The van der Waals surface area contributed by atoms with E-state index in [4.69, 9.17) is 0 Å². The molecule has 0 aromatic carbocycles. The number of rotatable bonds is 5. The van der Waals surface area contributed by atoms with Crippen molar-refractivity contribution in [2.45, 2.75) is 68.4 Å². The van der Waals surface area contributed by atoms with Gasteiger partial charge in [0.2, 0.25) is 5.91 Å². The first-order valence-electron chi connectivity index (χ1n) is 8.87. The third kappa shape index (κ3) is 3.64. The molecule has 2 aromatic rings. The van der Waals surface area contributed by atoms with E-state index in [1.807, 2.05) is 18.4 Å². The van der Waals surface area contributed by atoms with Crippen LogP contribution in [-0.2, 0) is 11.3 Å². The van der Waals surface area contributed by atoms with Gasteiger partial charge in [-0.25, -0.2) is 4.98 Å². The van der Waals surface area contributed by atoms with Crippen molar-refractivity contribution in [2.24, 2.45) is 0 Å². The largest absolute Gasteiger partial charge is 0.337 e. The topological polar surface area (TPSA) is 87.8 Å². The van der Waals surface area contributed by atoms with Gasteiger partial charge in [0.1, 0.15) is 10.2 Å². The molecule has 2 heterocycles. The van der Waals surface area contributed by atoms with Gasteiger partial charge in [-0.05, 0) is 38.1 Å². The Bertz CT molecular complexity index is 906. The number of amides is 1. The highest BCUT2D eigenvalue weighted by atomic mass is 32.2. The lowest BCUT2D eigenvalue weighted by molar-refractivity contribution is -0.121. The van der Waals surface area contributed by atoms with Crippen LogP contribution < -0.4 is 10.9 Å². The molecule has 26 heavy (non-hydrogen) atoms. The second-order valence-corrected chi connectivity index (χ2v) is 8.81. The molecule has 1 saturated carbocycles. The van der Waals surface area contributed by atoms with E-state index in [1.54, 1.807) is 11.5 Å². The zero-order valence-corrected chi connectivity index (χ0v) is 16.6. The highest BCUT2D eigenvalue weighted by Gasteiger charge is 2.35. The van der Waals surface area contributed by atoms with Crippen LogP contribution in [0.2, 0.25) is 0 Å². The quantitative estimate of drug-likeness (QED) is 0.625. The lowest BCUT2D eigenvalue weighted by Gasteiger charge is -2.32. The average molecular weight is 391 g/mol. The van der Waals surface area contributed by atoms with E-state index in [1.165, 1.54) is 23.1 Å². The fourth-order valence-electron chi connectivity index (χ4n) is 3.26. The Balaban J connectivity index is 1.80. The van der Waals surface area contributed by atoms with Crippen LogP contribution in [0, 0.1) is 11.3 Å². The number of thiophene rings is 1.